The van der Waals surface area contributed by atoms with Gasteiger partial charge >= 0.3 is 0 Å². The van der Waals surface area contributed by atoms with Gasteiger partial charge in [-0.3, -0.25) is 0 Å². The molecule has 13 heavy (non-hydrogen) atoms. The molecule has 0 spiro atoms. The molecule has 0 heterocycles. The van der Waals surface area contributed by atoms with E-state index in [1.54, 1.807) is 23.9 Å². The molecule has 0 amide bonds. The molecule has 1 aromatic rings. The van der Waals surface area contributed by atoms with Gasteiger partial charge in [-0.2, -0.15) is 11.8 Å². The summed E-state index contributed by atoms with van der Waals surface area (Å²) in [6.45, 7) is 0.766. The van der Waals surface area contributed by atoms with Crippen LogP contribution in [0.5, 0.6) is 0 Å². The minimum Gasteiger partial charge on any atom is -0.399 e. The molecule has 0 atom stereocenters. The van der Waals surface area contributed by atoms with Crippen molar-refractivity contribution >= 4 is 23.1 Å². The zero-order valence-electron chi connectivity index (χ0n) is 7.51. The Labute approximate surface area is 81.7 Å². The number of hydrogen-bond donors (Lipinski definition) is 2. The second kappa shape index (κ2) is 4.97. The number of benzene rings is 1. The summed E-state index contributed by atoms with van der Waals surface area (Å²) in [6.07, 6.45) is 2.01. The Morgan fingerprint density at radius 2 is 2.31 bits per heavy atom. The molecular weight excluding hydrogens is 187 g/mol. The second-order valence-electron chi connectivity index (χ2n) is 2.66. The smallest absolute Gasteiger partial charge is 0.148 e. The third-order valence-corrected chi connectivity index (χ3v) is 2.23. The number of thioether (sulfide) groups is 1. The van der Waals surface area contributed by atoms with Crippen LogP contribution < -0.4 is 11.1 Å². The maximum Gasteiger partial charge on any atom is 0.148 e. The van der Waals surface area contributed by atoms with Crippen LogP contribution in [0, 0.1) is 5.82 Å². The van der Waals surface area contributed by atoms with Crippen molar-refractivity contribution in [1.29, 1.82) is 0 Å². The Bertz CT molecular complexity index is 278. The molecule has 2 nitrogen and oxygen atoms in total. The number of nitrogens with one attached hydrogen (secondary N) is 1. The fourth-order valence-electron chi connectivity index (χ4n) is 0.962. The summed E-state index contributed by atoms with van der Waals surface area (Å²) in [5, 5.41) is 2.99. The molecule has 3 N–H and O–H groups in total. The van der Waals surface area contributed by atoms with Gasteiger partial charge < -0.3 is 11.1 Å². The highest BCUT2D eigenvalue weighted by atomic mass is 32.2. The molecule has 1 rings (SSSR count). The lowest BCUT2D eigenvalue weighted by atomic mass is 10.2. The zero-order valence-corrected chi connectivity index (χ0v) is 8.33. The van der Waals surface area contributed by atoms with Gasteiger partial charge in [-0.15, -0.1) is 0 Å². The van der Waals surface area contributed by atoms with Crippen LogP contribution in [-0.4, -0.2) is 18.6 Å². The van der Waals surface area contributed by atoms with Crippen molar-refractivity contribution in [1.82, 2.24) is 0 Å². The molecule has 0 fully saturated rings. The summed E-state index contributed by atoms with van der Waals surface area (Å²) >= 11 is 1.72. The molecular formula is C9H13FN2S. The summed E-state index contributed by atoms with van der Waals surface area (Å²) in [5.74, 6) is 0.671. The lowest BCUT2D eigenvalue weighted by molar-refractivity contribution is 0.631. The Hall–Kier alpha value is -0.900. The average molecular weight is 200 g/mol. The van der Waals surface area contributed by atoms with Crippen molar-refractivity contribution in [2.75, 3.05) is 29.6 Å². The van der Waals surface area contributed by atoms with Gasteiger partial charge in [0.1, 0.15) is 5.82 Å². The lowest BCUT2D eigenvalue weighted by Crippen LogP contribution is -2.05. The summed E-state index contributed by atoms with van der Waals surface area (Å²) in [4.78, 5) is 0. The summed E-state index contributed by atoms with van der Waals surface area (Å²) in [6, 6.07) is 4.66. The standard InChI is InChI=1S/C9H13FN2S/c1-13-5-4-12-9-3-2-7(11)6-8(9)10/h2-3,6,12H,4-5,11H2,1H3. The van der Waals surface area contributed by atoms with Crippen LogP contribution in [0.25, 0.3) is 0 Å². The van der Waals surface area contributed by atoms with E-state index >= 15 is 0 Å². The lowest BCUT2D eigenvalue weighted by Gasteiger charge is -2.06. The van der Waals surface area contributed by atoms with Crippen molar-refractivity contribution < 1.29 is 4.39 Å². The van der Waals surface area contributed by atoms with Gasteiger partial charge in [-0.25, -0.2) is 4.39 Å². The summed E-state index contributed by atoms with van der Waals surface area (Å²) in [7, 11) is 0. The van der Waals surface area contributed by atoms with E-state index in [0.29, 0.717) is 11.4 Å². The third-order valence-electron chi connectivity index (χ3n) is 1.61. The van der Waals surface area contributed by atoms with Crippen molar-refractivity contribution in [2.45, 2.75) is 0 Å². The van der Waals surface area contributed by atoms with Crippen LogP contribution in [0.3, 0.4) is 0 Å². The molecule has 0 aliphatic heterocycles. The van der Waals surface area contributed by atoms with Gasteiger partial charge in [0.25, 0.3) is 0 Å². The van der Waals surface area contributed by atoms with Crippen molar-refractivity contribution in [3.05, 3.63) is 24.0 Å². The summed E-state index contributed by atoms with van der Waals surface area (Å²) < 4.78 is 13.1. The highest BCUT2D eigenvalue weighted by Gasteiger charge is 2.00. The Morgan fingerprint density at radius 1 is 1.54 bits per heavy atom. The second-order valence-corrected chi connectivity index (χ2v) is 3.64. The van der Waals surface area contributed by atoms with Crippen LogP contribution in [0.4, 0.5) is 15.8 Å². The third kappa shape index (κ3) is 3.14. The monoisotopic (exact) mass is 200 g/mol. The van der Waals surface area contributed by atoms with Gasteiger partial charge in [-0.1, -0.05) is 0 Å². The average Bonchev–Trinajstić information content (AvgIpc) is 2.09. The van der Waals surface area contributed by atoms with Crippen molar-refractivity contribution in [3.8, 4) is 0 Å². The highest BCUT2D eigenvalue weighted by molar-refractivity contribution is 7.98. The van der Waals surface area contributed by atoms with E-state index in [4.69, 9.17) is 5.73 Å². The SMILES string of the molecule is CSCCNc1ccc(N)cc1F. The van der Waals surface area contributed by atoms with Crippen molar-refractivity contribution in [3.63, 3.8) is 0 Å². The molecule has 72 valence electrons. The van der Waals surface area contributed by atoms with Gasteiger partial charge in [0.2, 0.25) is 0 Å². The van der Waals surface area contributed by atoms with E-state index in [9.17, 15) is 4.39 Å². The van der Waals surface area contributed by atoms with E-state index < -0.39 is 0 Å². The highest BCUT2D eigenvalue weighted by Crippen LogP contribution is 2.16. The predicted molar refractivity (Wildman–Crippen MR) is 57.7 cm³/mol. The predicted octanol–water partition coefficient (Wildman–Crippen LogP) is 2.18. The molecule has 1 aromatic carbocycles. The van der Waals surface area contributed by atoms with Crippen LogP contribution in [0.1, 0.15) is 0 Å². The molecule has 0 radical (unpaired) electrons. The first kappa shape index (κ1) is 10.2. The number of hydrogen-bond acceptors (Lipinski definition) is 3. The first-order valence-electron chi connectivity index (χ1n) is 4.02. The van der Waals surface area contributed by atoms with E-state index in [2.05, 4.69) is 5.32 Å². The minimum atomic E-state index is -0.291. The van der Waals surface area contributed by atoms with Gasteiger partial charge in [0.15, 0.2) is 0 Å². The number of nitrogens with two attached hydrogens (primary N) is 1. The van der Waals surface area contributed by atoms with E-state index in [1.807, 2.05) is 6.26 Å². The number of rotatable bonds is 4. The van der Waals surface area contributed by atoms with E-state index in [0.717, 1.165) is 12.3 Å². The Morgan fingerprint density at radius 3 is 2.92 bits per heavy atom. The maximum absolute atomic E-state index is 13.1. The molecule has 0 aliphatic rings. The first-order chi connectivity index (χ1) is 6.24. The molecule has 0 aliphatic carbocycles. The topological polar surface area (TPSA) is 38.0 Å². The minimum absolute atomic E-state index is 0.291. The number of halogens is 1. The maximum atomic E-state index is 13.1. The Balaban J connectivity index is 2.56. The van der Waals surface area contributed by atoms with Gasteiger partial charge in [0, 0.05) is 18.0 Å². The van der Waals surface area contributed by atoms with E-state index in [1.165, 1.54) is 6.07 Å². The van der Waals surface area contributed by atoms with Crippen LogP contribution in [-0.2, 0) is 0 Å². The molecule has 4 heteroatoms. The largest absolute Gasteiger partial charge is 0.399 e. The molecule has 0 saturated heterocycles. The molecule has 0 bridgehead atoms. The normalized spacial score (nSPS) is 10.0. The number of anilines is 2. The molecule has 0 unspecified atom stereocenters. The fraction of sp³-hybridized carbons (Fsp3) is 0.333. The summed E-state index contributed by atoms with van der Waals surface area (Å²) in [5.41, 5.74) is 6.38. The van der Waals surface area contributed by atoms with Gasteiger partial charge in [0.05, 0.1) is 5.69 Å². The molecule has 0 saturated carbocycles. The Kier molecular flexibility index (Phi) is 3.89. The van der Waals surface area contributed by atoms with Crippen LogP contribution in [0.15, 0.2) is 18.2 Å². The van der Waals surface area contributed by atoms with E-state index in [-0.39, 0.29) is 5.82 Å². The molecule has 0 aromatic heterocycles. The first-order valence-corrected chi connectivity index (χ1v) is 5.41. The fourth-order valence-corrected chi connectivity index (χ4v) is 1.27. The van der Waals surface area contributed by atoms with Crippen LogP contribution in [0.2, 0.25) is 0 Å². The zero-order chi connectivity index (χ0) is 9.68. The van der Waals surface area contributed by atoms with Crippen molar-refractivity contribution in [2.24, 2.45) is 0 Å². The quantitative estimate of drug-likeness (QED) is 0.578. The van der Waals surface area contributed by atoms with Crippen LogP contribution >= 0.6 is 11.8 Å². The number of nitrogen functional groups attached to an aromatic ring is 1. The van der Waals surface area contributed by atoms with Gasteiger partial charge in [-0.05, 0) is 24.5 Å².